The molecule has 2 rings (SSSR count). The normalized spacial score (nSPS) is 16.0. The van der Waals surface area contributed by atoms with Crippen LogP contribution in [0.15, 0.2) is 23.4 Å². The molecule has 5 heteroatoms. The highest BCUT2D eigenvalue weighted by molar-refractivity contribution is 6.02. The summed E-state index contributed by atoms with van der Waals surface area (Å²) >= 11 is 0. The molecule has 1 aliphatic carbocycles. The van der Waals surface area contributed by atoms with Crippen LogP contribution in [0.3, 0.4) is 0 Å². The molecule has 1 aromatic carbocycles. The summed E-state index contributed by atoms with van der Waals surface area (Å²) < 4.78 is 9.57. The second-order valence-corrected chi connectivity index (χ2v) is 3.96. The zero-order valence-corrected chi connectivity index (χ0v) is 10.4. The highest BCUT2D eigenvalue weighted by atomic mass is 16.8. The van der Waals surface area contributed by atoms with Crippen molar-refractivity contribution < 1.29 is 19.1 Å². The number of rotatable bonds is 2. The number of carbonyl (C=O) groups is 1. The van der Waals surface area contributed by atoms with Crippen molar-refractivity contribution in [2.24, 2.45) is 5.16 Å². The Morgan fingerprint density at radius 1 is 1.28 bits per heavy atom. The molecular formula is C13H15NO4. The van der Waals surface area contributed by atoms with E-state index in [2.05, 4.69) is 14.7 Å². The van der Waals surface area contributed by atoms with Crippen molar-refractivity contribution in [3.63, 3.8) is 0 Å². The number of hydrogen-bond donors (Lipinski definition) is 0. The number of fused-ring (bicyclic) bond motifs is 1. The molecular weight excluding hydrogens is 234 g/mol. The third-order valence-corrected chi connectivity index (χ3v) is 2.88. The summed E-state index contributed by atoms with van der Waals surface area (Å²) in [6, 6.07) is 5.85. The van der Waals surface area contributed by atoms with Gasteiger partial charge in [0.2, 0.25) is 0 Å². The van der Waals surface area contributed by atoms with E-state index in [4.69, 9.17) is 4.74 Å². The van der Waals surface area contributed by atoms with Gasteiger partial charge in [-0.25, -0.2) is 4.79 Å². The van der Waals surface area contributed by atoms with Gasteiger partial charge in [0.25, 0.3) is 0 Å². The molecule has 1 aliphatic rings. The SMILES string of the molecule is COC(=O)ON=C1CCCc2ccc(OC)cc21. The van der Waals surface area contributed by atoms with Crippen molar-refractivity contribution >= 4 is 11.9 Å². The molecule has 96 valence electrons. The summed E-state index contributed by atoms with van der Waals surface area (Å²) in [4.78, 5) is 15.6. The molecule has 0 aliphatic heterocycles. The van der Waals surface area contributed by atoms with Crippen molar-refractivity contribution in [1.29, 1.82) is 0 Å². The van der Waals surface area contributed by atoms with Gasteiger partial charge in [0.15, 0.2) is 0 Å². The van der Waals surface area contributed by atoms with Crippen LogP contribution in [-0.4, -0.2) is 26.1 Å². The minimum absolute atomic E-state index is 0.751. The summed E-state index contributed by atoms with van der Waals surface area (Å²) in [5.74, 6) is 0.765. The number of ether oxygens (including phenoxy) is 2. The van der Waals surface area contributed by atoms with Crippen LogP contribution in [-0.2, 0) is 16.0 Å². The quantitative estimate of drug-likeness (QED) is 0.459. The average molecular weight is 249 g/mol. The van der Waals surface area contributed by atoms with E-state index in [1.165, 1.54) is 12.7 Å². The van der Waals surface area contributed by atoms with E-state index >= 15 is 0 Å². The number of hydrogen-bond acceptors (Lipinski definition) is 5. The first kappa shape index (κ1) is 12.4. The Morgan fingerprint density at radius 2 is 2.11 bits per heavy atom. The maximum absolute atomic E-state index is 10.9. The first-order chi connectivity index (χ1) is 8.74. The van der Waals surface area contributed by atoms with Gasteiger partial charge in [-0.1, -0.05) is 11.2 Å². The summed E-state index contributed by atoms with van der Waals surface area (Å²) in [7, 11) is 2.87. The molecule has 0 heterocycles. The Hall–Kier alpha value is -2.04. The van der Waals surface area contributed by atoms with Crippen LogP contribution in [0.1, 0.15) is 24.0 Å². The zero-order valence-electron chi connectivity index (χ0n) is 10.4. The lowest BCUT2D eigenvalue weighted by Gasteiger charge is -2.17. The van der Waals surface area contributed by atoms with Gasteiger partial charge in [0, 0.05) is 5.56 Å². The predicted octanol–water partition coefficient (Wildman–Crippen LogP) is 2.52. The molecule has 0 saturated heterocycles. The summed E-state index contributed by atoms with van der Waals surface area (Å²) in [6.07, 6.45) is 1.95. The third-order valence-electron chi connectivity index (χ3n) is 2.88. The van der Waals surface area contributed by atoms with Gasteiger partial charge in [0.1, 0.15) is 5.75 Å². The van der Waals surface area contributed by atoms with Crippen molar-refractivity contribution in [2.75, 3.05) is 14.2 Å². The second-order valence-electron chi connectivity index (χ2n) is 3.96. The summed E-state index contributed by atoms with van der Waals surface area (Å²) in [6.45, 7) is 0. The van der Waals surface area contributed by atoms with E-state index < -0.39 is 6.16 Å². The maximum Gasteiger partial charge on any atom is 0.534 e. The van der Waals surface area contributed by atoms with Crippen LogP contribution in [0.5, 0.6) is 5.75 Å². The molecule has 1 aromatic rings. The minimum atomic E-state index is -0.808. The Balaban J connectivity index is 2.28. The Morgan fingerprint density at radius 3 is 2.83 bits per heavy atom. The highest BCUT2D eigenvalue weighted by Crippen LogP contribution is 2.26. The van der Waals surface area contributed by atoms with E-state index in [0.29, 0.717) is 0 Å². The number of nitrogens with zero attached hydrogens (tertiary/aromatic N) is 1. The van der Waals surface area contributed by atoms with Gasteiger partial charge in [-0.15, -0.1) is 0 Å². The molecule has 5 nitrogen and oxygen atoms in total. The monoisotopic (exact) mass is 249 g/mol. The lowest BCUT2D eigenvalue weighted by atomic mass is 9.90. The molecule has 0 unspecified atom stereocenters. The van der Waals surface area contributed by atoms with E-state index in [1.807, 2.05) is 18.2 Å². The van der Waals surface area contributed by atoms with Gasteiger partial charge in [-0.05, 0) is 37.0 Å². The standard InChI is InChI=1S/C13H15NO4/c1-16-10-7-6-9-4-3-5-12(11(9)8-10)14-18-13(15)17-2/h6-8H,3-5H2,1-2H3. The fourth-order valence-electron chi connectivity index (χ4n) is 1.97. The van der Waals surface area contributed by atoms with Gasteiger partial charge in [0.05, 0.1) is 19.9 Å². The maximum atomic E-state index is 10.9. The molecule has 0 bridgehead atoms. The first-order valence-corrected chi connectivity index (χ1v) is 5.73. The lowest BCUT2D eigenvalue weighted by Crippen LogP contribution is -2.13. The van der Waals surface area contributed by atoms with Crippen LogP contribution in [0.2, 0.25) is 0 Å². The highest BCUT2D eigenvalue weighted by Gasteiger charge is 2.17. The number of carbonyl (C=O) groups excluding carboxylic acids is 1. The topological polar surface area (TPSA) is 57.1 Å². The van der Waals surface area contributed by atoms with Gasteiger partial charge in [-0.3, -0.25) is 4.84 Å². The van der Waals surface area contributed by atoms with E-state index in [-0.39, 0.29) is 0 Å². The molecule has 0 amide bonds. The van der Waals surface area contributed by atoms with Crippen LogP contribution in [0.4, 0.5) is 4.79 Å². The summed E-state index contributed by atoms with van der Waals surface area (Å²) in [5.41, 5.74) is 2.92. The second kappa shape index (κ2) is 5.53. The Labute approximate surface area is 105 Å². The van der Waals surface area contributed by atoms with E-state index in [9.17, 15) is 4.79 Å². The number of aryl methyl sites for hydroxylation is 1. The molecule has 0 aromatic heterocycles. The summed E-state index contributed by atoms with van der Waals surface area (Å²) in [5, 5.41) is 3.86. The van der Waals surface area contributed by atoms with Gasteiger partial charge >= 0.3 is 6.16 Å². The Bertz CT molecular complexity index is 482. The number of benzene rings is 1. The van der Waals surface area contributed by atoms with Gasteiger partial charge < -0.3 is 9.47 Å². The predicted molar refractivity (Wildman–Crippen MR) is 66.0 cm³/mol. The Kier molecular flexibility index (Phi) is 3.82. The smallest absolute Gasteiger partial charge is 0.497 e. The molecule has 0 spiro atoms. The van der Waals surface area contributed by atoms with Crippen LogP contribution >= 0.6 is 0 Å². The lowest BCUT2D eigenvalue weighted by molar-refractivity contribution is 0.0751. The van der Waals surface area contributed by atoms with Gasteiger partial charge in [-0.2, -0.15) is 0 Å². The molecule has 0 saturated carbocycles. The van der Waals surface area contributed by atoms with Crippen LogP contribution < -0.4 is 4.74 Å². The van der Waals surface area contributed by atoms with Crippen molar-refractivity contribution in [1.82, 2.24) is 0 Å². The fraction of sp³-hybridized carbons (Fsp3) is 0.385. The van der Waals surface area contributed by atoms with E-state index in [0.717, 1.165) is 36.3 Å². The van der Waals surface area contributed by atoms with Crippen LogP contribution in [0.25, 0.3) is 0 Å². The van der Waals surface area contributed by atoms with Crippen molar-refractivity contribution in [3.8, 4) is 5.75 Å². The van der Waals surface area contributed by atoms with Crippen LogP contribution in [0, 0.1) is 0 Å². The average Bonchev–Trinajstić information content (AvgIpc) is 2.43. The molecule has 0 N–H and O–H groups in total. The largest absolute Gasteiger partial charge is 0.534 e. The zero-order chi connectivity index (χ0) is 13.0. The number of oxime groups is 1. The molecule has 0 atom stereocenters. The van der Waals surface area contributed by atoms with Crippen molar-refractivity contribution in [3.05, 3.63) is 29.3 Å². The first-order valence-electron chi connectivity index (χ1n) is 5.73. The third kappa shape index (κ3) is 2.61. The molecule has 0 fully saturated rings. The number of methoxy groups -OCH3 is 2. The minimum Gasteiger partial charge on any atom is -0.497 e. The fourth-order valence-corrected chi connectivity index (χ4v) is 1.97. The molecule has 18 heavy (non-hydrogen) atoms. The molecule has 0 radical (unpaired) electrons. The van der Waals surface area contributed by atoms with E-state index in [1.54, 1.807) is 7.11 Å². The van der Waals surface area contributed by atoms with Crippen molar-refractivity contribution in [2.45, 2.75) is 19.3 Å².